The number of carbonyl (C=O) groups excluding carboxylic acids is 1. The van der Waals surface area contributed by atoms with E-state index in [0.29, 0.717) is 15.2 Å². The monoisotopic (exact) mass is 366 g/mol. The highest BCUT2D eigenvalue weighted by atomic mass is 32.2. The molecule has 25 heavy (non-hydrogen) atoms. The molecule has 0 unspecified atom stereocenters. The summed E-state index contributed by atoms with van der Waals surface area (Å²) >= 11 is 2.82. The van der Waals surface area contributed by atoms with Gasteiger partial charge in [0.15, 0.2) is 5.17 Å². The number of aromatic amines is 1. The van der Waals surface area contributed by atoms with Crippen molar-refractivity contribution in [3.05, 3.63) is 70.3 Å². The van der Waals surface area contributed by atoms with Crippen LogP contribution in [-0.2, 0) is 4.79 Å². The van der Waals surface area contributed by atoms with Crippen molar-refractivity contribution in [3.8, 4) is 0 Å². The second kappa shape index (κ2) is 6.70. The molecule has 0 saturated carbocycles. The molecular weight excluding hydrogens is 352 g/mol. The van der Waals surface area contributed by atoms with Gasteiger partial charge in [-0.05, 0) is 49.0 Å². The molecule has 0 atom stereocenters. The summed E-state index contributed by atoms with van der Waals surface area (Å²) in [6.07, 6.45) is 3.68. The number of amidine groups is 1. The molecule has 1 fully saturated rings. The number of thiazole rings is 1. The first-order chi connectivity index (χ1) is 12.2. The average Bonchev–Trinajstić information content (AvgIpc) is 3.32. The van der Waals surface area contributed by atoms with Crippen LogP contribution >= 0.6 is 23.1 Å². The lowest BCUT2D eigenvalue weighted by Crippen LogP contribution is -2.28. The topological polar surface area (TPSA) is 61.4 Å². The van der Waals surface area contributed by atoms with Gasteiger partial charge in [0, 0.05) is 17.3 Å². The van der Waals surface area contributed by atoms with Gasteiger partial charge in [-0.25, -0.2) is 4.98 Å². The van der Waals surface area contributed by atoms with Gasteiger partial charge in [-0.3, -0.25) is 9.69 Å². The van der Waals surface area contributed by atoms with E-state index in [9.17, 15) is 4.79 Å². The number of nitrogens with zero attached hydrogens (tertiary/aromatic N) is 3. The van der Waals surface area contributed by atoms with E-state index in [0.717, 1.165) is 17.1 Å². The maximum atomic E-state index is 13.0. The third-order valence-electron chi connectivity index (χ3n) is 3.53. The highest BCUT2D eigenvalue weighted by molar-refractivity contribution is 8.19. The fraction of sp³-hybridized carbons (Fsp3) is 0.0556. The number of carbonyl (C=O) groups is 1. The minimum absolute atomic E-state index is 0.0853. The minimum Gasteiger partial charge on any atom is -0.362 e. The number of benzene rings is 1. The summed E-state index contributed by atoms with van der Waals surface area (Å²) < 4.78 is 0. The first-order valence-corrected chi connectivity index (χ1v) is 9.33. The average molecular weight is 366 g/mol. The Morgan fingerprint density at radius 3 is 2.72 bits per heavy atom. The zero-order chi connectivity index (χ0) is 17.2. The molecule has 4 rings (SSSR count). The van der Waals surface area contributed by atoms with Crippen molar-refractivity contribution in [1.82, 2.24) is 9.97 Å². The molecule has 0 aliphatic carbocycles. The number of hydrogen-bond acceptors (Lipinski definition) is 5. The smallest absolute Gasteiger partial charge is 0.271 e. The van der Waals surface area contributed by atoms with Crippen molar-refractivity contribution in [2.45, 2.75) is 6.92 Å². The molecule has 1 amide bonds. The molecule has 1 aliphatic rings. The van der Waals surface area contributed by atoms with Gasteiger partial charge >= 0.3 is 0 Å². The Morgan fingerprint density at radius 2 is 2.04 bits per heavy atom. The zero-order valence-corrected chi connectivity index (χ0v) is 15.0. The van der Waals surface area contributed by atoms with Gasteiger partial charge in [-0.15, -0.1) is 11.3 Å². The lowest BCUT2D eigenvalue weighted by molar-refractivity contribution is -0.113. The van der Waals surface area contributed by atoms with Crippen LogP contribution in [0, 0.1) is 6.92 Å². The van der Waals surface area contributed by atoms with Crippen LogP contribution < -0.4 is 4.90 Å². The van der Waals surface area contributed by atoms with Gasteiger partial charge < -0.3 is 4.98 Å². The number of hydrogen-bond donors (Lipinski definition) is 1. The van der Waals surface area contributed by atoms with Gasteiger partial charge in [0.05, 0.1) is 16.3 Å². The van der Waals surface area contributed by atoms with Gasteiger partial charge in [-0.2, -0.15) is 4.99 Å². The predicted octanol–water partition coefficient (Wildman–Crippen LogP) is 4.59. The minimum atomic E-state index is -0.0853. The third-order valence-corrected chi connectivity index (χ3v) is 5.35. The molecule has 3 heterocycles. The molecule has 5 nitrogen and oxygen atoms in total. The second-order valence-electron chi connectivity index (χ2n) is 5.38. The van der Waals surface area contributed by atoms with E-state index in [1.54, 1.807) is 4.90 Å². The number of nitrogens with one attached hydrogen (secondary N) is 1. The Hall–Kier alpha value is -2.64. The number of aryl methyl sites for hydroxylation is 1. The summed E-state index contributed by atoms with van der Waals surface area (Å²) in [7, 11) is 0. The normalized spacial score (nSPS) is 17.8. The number of aliphatic imine (C=N–C) groups is 1. The summed E-state index contributed by atoms with van der Waals surface area (Å²) in [4.78, 5) is 27.3. The van der Waals surface area contributed by atoms with Crippen LogP contribution in [0.1, 0.15) is 11.4 Å². The van der Waals surface area contributed by atoms with Crippen molar-refractivity contribution >= 4 is 51.1 Å². The van der Waals surface area contributed by atoms with Crippen LogP contribution in [0.5, 0.6) is 0 Å². The van der Waals surface area contributed by atoms with E-state index in [1.807, 2.05) is 67.0 Å². The summed E-state index contributed by atoms with van der Waals surface area (Å²) in [5.41, 5.74) is 2.60. The molecule has 0 spiro atoms. The zero-order valence-electron chi connectivity index (χ0n) is 13.3. The van der Waals surface area contributed by atoms with Crippen molar-refractivity contribution in [1.29, 1.82) is 0 Å². The molecule has 1 saturated heterocycles. The second-order valence-corrected chi connectivity index (χ2v) is 7.22. The van der Waals surface area contributed by atoms with E-state index in [-0.39, 0.29) is 5.91 Å². The first-order valence-electron chi connectivity index (χ1n) is 7.64. The molecule has 0 radical (unpaired) electrons. The summed E-state index contributed by atoms with van der Waals surface area (Å²) in [5, 5.41) is 3.21. The number of H-pyrrole nitrogens is 1. The maximum Gasteiger partial charge on any atom is 0.271 e. The fourth-order valence-corrected chi connectivity index (χ4v) is 4.10. The van der Waals surface area contributed by atoms with E-state index >= 15 is 0 Å². The molecule has 0 bridgehead atoms. The molecule has 7 heteroatoms. The Labute approximate surface area is 153 Å². The Balaban J connectivity index is 1.77. The van der Waals surface area contributed by atoms with Crippen LogP contribution in [0.4, 0.5) is 10.8 Å². The van der Waals surface area contributed by atoms with Crippen molar-refractivity contribution in [2.24, 2.45) is 4.99 Å². The summed E-state index contributed by atoms with van der Waals surface area (Å²) in [6.45, 7) is 1.93. The van der Waals surface area contributed by atoms with Crippen molar-refractivity contribution in [2.75, 3.05) is 4.90 Å². The van der Waals surface area contributed by atoms with E-state index in [1.165, 1.54) is 23.1 Å². The molecule has 1 aromatic carbocycles. The van der Waals surface area contributed by atoms with E-state index in [2.05, 4.69) is 15.0 Å². The lowest BCUT2D eigenvalue weighted by Gasteiger charge is -2.14. The maximum absolute atomic E-state index is 13.0. The number of thioether (sulfide) groups is 1. The molecular formula is C18H14N4OS2. The number of aromatic nitrogens is 2. The SMILES string of the molecule is Cc1csc(/N=C2/S/C(=C/c3ccc[nH]3)C(=O)N2c2ccccc2)n1. The number of para-hydroxylation sites is 1. The van der Waals surface area contributed by atoms with Gasteiger partial charge in [0.1, 0.15) is 0 Å². The van der Waals surface area contributed by atoms with E-state index in [4.69, 9.17) is 0 Å². The highest BCUT2D eigenvalue weighted by Gasteiger charge is 2.35. The fourth-order valence-electron chi connectivity index (χ4n) is 2.40. The Kier molecular flexibility index (Phi) is 4.25. The van der Waals surface area contributed by atoms with Gasteiger partial charge in [0.2, 0.25) is 5.13 Å². The van der Waals surface area contributed by atoms with Crippen LogP contribution in [0.15, 0.2) is 63.9 Å². The van der Waals surface area contributed by atoms with Crippen LogP contribution in [0.3, 0.4) is 0 Å². The standard InChI is InChI=1S/C18H14N4OS2/c1-12-11-24-17(20-12)21-18-22(14-7-3-2-4-8-14)16(23)15(25-18)10-13-6-5-9-19-13/h2-11,19H,1H3/b15-10+,21-18+. The first kappa shape index (κ1) is 15.9. The lowest BCUT2D eigenvalue weighted by atomic mass is 10.3. The summed E-state index contributed by atoms with van der Waals surface area (Å²) in [6, 6.07) is 13.4. The number of anilines is 1. The van der Waals surface area contributed by atoms with E-state index < -0.39 is 0 Å². The number of rotatable bonds is 3. The summed E-state index contributed by atoms with van der Waals surface area (Å²) in [5.74, 6) is -0.0853. The number of amides is 1. The van der Waals surface area contributed by atoms with Crippen molar-refractivity contribution < 1.29 is 4.79 Å². The molecule has 3 aromatic rings. The quantitative estimate of drug-likeness (QED) is 0.690. The van der Waals surface area contributed by atoms with Crippen LogP contribution in [0.2, 0.25) is 0 Å². The Bertz CT molecular complexity index is 958. The van der Waals surface area contributed by atoms with Crippen molar-refractivity contribution in [3.63, 3.8) is 0 Å². The highest BCUT2D eigenvalue weighted by Crippen LogP contribution is 2.37. The molecule has 1 aliphatic heterocycles. The third kappa shape index (κ3) is 3.29. The predicted molar refractivity (Wildman–Crippen MR) is 104 cm³/mol. The molecule has 124 valence electrons. The largest absolute Gasteiger partial charge is 0.362 e. The Morgan fingerprint density at radius 1 is 1.20 bits per heavy atom. The van der Waals surface area contributed by atoms with Crippen LogP contribution in [-0.4, -0.2) is 21.0 Å². The van der Waals surface area contributed by atoms with Gasteiger partial charge in [0.25, 0.3) is 5.91 Å². The van der Waals surface area contributed by atoms with Gasteiger partial charge in [-0.1, -0.05) is 18.2 Å². The molecule has 2 aromatic heterocycles. The molecule has 1 N–H and O–H groups in total. The van der Waals surface area contributed by atoms with Crippen LogP contribution in [0.25, 0.3) is 6.08 Å².